The molecule has 0 saturated carbocycles. The number of nitrogens with zero attached hydrogens (tertiary/aromatic N) is 2. The van der Waals surface area contributed by atoms with E-state index < -0.39 is 0 Å². The average molecular weight is 450 g/mol. The van der Waals surface area contributed by atoms with E-state index in [1.165, 1.54) is 21.3 Å². The van der Waals surface area contributed by atoms with Crippen LogP contribution in [0.1, 0.15) is 43.2 Å². The second-order valence-corrected chi connectivity index (χ2v) is 7.40. The van der Waals surface area contributed by atoms with Gasteiger partial charge >= 0.3 is 5.97 Å². The van der Waals surface area contributed by atoms with Gasteiger partial charge in [-0.15, -0.1) is 0 Å². The monoisotopic (exact) mass is 449 g/mol. The fraction of sp³-hybridized carbons (Fsp3) is 0.240. The van der Waals surface area contributed by atoms with Crippen LogP contribution in [0.2, 0.25) is 0 Å². The van der Waals surface area contributed by atoms with Crippen LogP contribution in [0.3, 0.4) is 0 Å². The lowest BCUT2D eigenvalue weighted by atomic mass is 10.1. The normalized spacial score (nSPS) is 10.8. The van der Waals surface area contributed by atoms with Crippen molar-refractivity contribution in [2.24, 2.45) is 5.10 Å². The van der Waals surface area contributed by atoms with Gasteiger partial charge in [-0.3, -0.25) is 4.79 Å². The summed E-state index contributed by atoms with van der Waals surface area (Å²) < 4.78 is 17.3. The minimum atomic E-state index is -0.390. The average Bonchev–Trinajstić information content (AvgIpc) is 3.10. The van der Waals surface area contributed by atoms with E-state index >= 15 is 0 Å². The van der Waals surface area contributed by atoms with E-state index in [1.54, 1.807) is 30.5 Å². The second-order valence-electron chi connectivity index (χ2n) is 7.40. The molecule has 0 radical (unpaired) electrons. The van der Waals surface area contributed by atoms with E-state index in [1.807, 2.05) is 43.5 Å². The number of hydrogen-bond donors (Lipinski definition) is 1. The van der Waals surface area contributed by atoms with Crippen LogP contribution in [0.25, 0.3) is 5.69 Å². The van der Waals surface area contributed by atoms with E-state index in [9.17, 15) is 9.59 Å². The molecule has 0 aliphatic heterocycles. The van der Waals surface area contributed by atoms with Crippen LogP contribution in [-0.2, 0) is 4.74 Å². The number of benzene rings is 2. The third-order valence-electron chi connectivity index (χ3n) is 5.41. The van der Waals surface area contributed by atoms with Crippen LogP contribution in [0, 0.1) is 20.8 Å². The molecule has 3 aromatic rings. The Hall–Kier alpha value is -4.07. The first kappa shape index (κ1) is 23.6. The molecule has 0 spiro atoms. The number of nitrogens with one attached hydrogen (secondary N) is 1. The van der Waals surface area contributed by atoms with Gasteiger partial charge in [-0.05, 0) is 56.7 Å². The van der Waals surface area contributed by atoms with Gasteiger partial charge in [0.1, 0.15) is 11.5 Å². The summed E-state index contributed by atoms with van der Waals surface area (Å²) in [6.45, 7) is 5.81. The molecule has 0 unspecified atom stereocenters. The quantitative estimate of drug-likeness (QED) is 0.335. The van der Waals surface area contributed by atoms with Crippen molar-refractivity contribution in [2.75, 3.05) is 21.3 Å². The smallest absolute Gasteiger partial charge is 0.338 e. The molecule has 0 fully saturated rings. The lowest BCUT2D eigenvalue weighted by Gasteiger charge is -2.15. The van der Waals surface area contributed by atoms with E-state index in [-0.39, 0.29) is 11.9 Å². The first-order valence-electron chi connectivity index (χ1n) is 10.2. The second kappa shape index (κ2) is 10.0. The summed E-state index contributed by atoms with van der Waals surface area (Å²) in [6.07, 6.45) is 1.59. The first-order chi connectivity index (χ1) is 15.8. The van der Waals surface area contributed by atoms with Gasteiger partial charge in [-0.2, -0.15) is 5.10 Å². The van der Waals surface area contributed by atoms with Gasteiger partial charge in [0.25, 0.3) is 5.91 Å². The summed E-state index contributed by atoms with van der Waals surface area (Å²) in [5.74, 6) is 0.252. The zero-order valence-corrected chi connectivity index (χ0v) is 19.6. The zero-order valence-electron chi connectivity index (χ0n) is 19.6. The number of amides is 1. The fourth-order valence-electron chi connectivity index (χ4n) is 3.65. The Kier molecular flexibility index (Phi) is 7.17. The lowest BCUT2D eigenvalue weighted by Crippen LogP contribution is -2.17. The lowest BCUT2D eigenvalue weighted by molar-refractivity contribution is 0.0599. The highest BCUT2D eigenvalue weighted by molar-refractivity contribution is 5.96. The van der Waals surface area contributed by atoms with Gasteiger partial charge in [0.05, 0.1) is 33.1 Å². The fourth-order valence-corrected chi connectivity index (χ4v) is 3.65. The van der Waals surface area contributed by atoms with Crippen molar-refractivity contribution in [1.82, 2.24) is 9.99 Å². The van der Waals surface area contributed by atoms with Gasteiger partial charge in [0.2, 0.25) is 0 Å². The topological polar surface area (TPSA) is 91.2 Å². The molecule has 8 nitrogen and oxygen atoms in total. The summed E-state index contributed by atoms with van der Waals surface area (Å²) in [7, 11) is 4.41. The molecule has 3 rings (SSSR count). The number of carbonyl (C=O) groups excluding carboxylic acids is 2. The number of ether oxygens (including phenoxy) is 3. The van der Waals surface area contributed by atoms with Crippen LogP contribution in [0.15, 0.2) is 47.6 Å². The summed E-state index contributed by atoms with van der Waals surface area (Å²) in [5.41, 5.74) is 7.81. The molecule has 0 saturated heterocycles. The van der Waals surface area contributed by atoms with Crippen LogP contribution in [-0.4, -0.2) is 44.0 Å². The van der Waals surface area contributed by atoms with Crippen molar-refractivity contribution in [2.45, 2.75) is 20.8 Å². The molecule has 0 aliphatic rings. The zero-order chi connectivity index (χ0) is 24.1. The summed E-state index contributed by atoms with van der Waals surface area (Å²) in [5, 5.41) is 4.13. The predicted octanol–water partition coefficient (Wildman–Crippen LogP) is 3.97. The molecule has 1 amide bonds. The maximum atomic E-state index is 12.5. The van der Waals surface area contributed by atoms with Crippen LogP contribution >= 0.6 is 0 Å². The molecule has 0 aliphatic carbocycles. The van der Waals surface area contributed by atoms with Gasteiger partial charge in [-0.25, -0.2) is 10.2 Å². The molecular weight excluding hydrogens is 422 g/mol. The number of carbonyl (C=O) groups is 2. The van der Waals surface area contributed by atoms with Crippen molar-refractivity contribution in [3.05, 3.63) is 76.1 Å². The van der Waals surface area contributed by atoms with E-state index in [0.29, 0.717) is 22.6 Å². The van der Waals surface area contributed by atoms with Gasteiger partial charge in [0.15, 0.2) is 0 Å². The Labute approximate surface area is 192 Å². The first-order valence-corrected chi connectivity index (χ1v) is 10.2. The minimum absolute atomic E-state index is 0.365. The highest BCUT2D eigenvalue weighted by atomic mass is 16.5. The van der Waals surface area contributed by atoms with Crippen molar-refractivity contribution >= 4 is 18.1 Å². The molecule has 1 aromatic heterocycles. The maximum absolute atomic E-state index is 12.5. The van der Waals surface area contributed by atoms with Crippen LogP contribution in [0.5, 0.6) is 11.5 Å². The Morgan fingerprint density at radius 2 is 1.64 bits per heavy atom. The van der Waals surface area contributed by atoms with E-state index in [2.05, 4.69) is 10.5 Å². The number of esters is 1. The van der Waals surface area contributed by atoms with Crippen molar-refractivity contribution in [3.8, 4) is 17.2 Å². The third-order valence-corrected chi connectivity index (χ3v) is 5.41. The molecule has 1 N–H and O–H groups in total. The number of hydrazone groups is 1. The van der Waals surface area contributed by atoms with Crippen molar-refractivity contribution in [1.29, 1.82) is 0 Å². The Bertz CT molecular complexity index is 1200. The SMILES string of the molecule is COC(=O)c1cccc(-n2c(C)cc(/C=N/NC(=O)c3cc(OC)cc(OC)c3)c2C)c1C. The standard InChI is InChI=1S/C25H27N3O5/c1-15-10-19(14-26-27-24(29)18-11-20(31-4)13-21(12-18)32-5)17(3)28(15)23-9-7-8-22(16(23)2)25(30)33-6/h7-14H,1-6H3,(H,27,29)/b26-14+. The highest BCUT2D eigenvalue weighted by Crippen LogP contribution is 2.25. The number of aryl methyl sites for hydroxylation is 1. The molecule has 172 valence electrons. The molecule has 0 bridgehead atoms. The maximum Gasteiger partial charge on any atom is 0.338 e. The minimum Gasteiger partial charge on any atom is -0.497 e. The number of aromatic nitrogens is 1. The Morgan fingerprint density at radius 3 is 2.24 bits per heavy atom. The Balaban J connectivity index is 1.86. The van der Waals surface area contributed by atoms with E-state index in [0.717, 1.165) is 28.2 Å². The highest BCUT2D eigenvalue weighted by Gasteiger charge is 2.16. The van der Waals surface area contributed by atoms with Gasteiger partial charge in [-0.1, -0.05) is 6.07 Å². The van der Waals surface area contributed by atoms with E-state index in [4.69, 9.17) is 14.2 Å². The molecule has 2 aromatic carbocycles. The summed E-state index contributed by atoms with van der Waals surface area (Å²) in [4.78, 5) is 24.6. The Morgan fingerprint density at radius 1 is 0.970 bits per heavy atom. The molecular formula is C25H27N3O5. The van der Waals surface area contributed by atoms with Gasteiger partial charge < -0.3 is 18.8 Å². The summed E-state index contributed by atoms with van der Waals surface area (Å²) >= 11 is 0. The molecule has 33 heavy (non-hydrogen) atoms. The predicted molar refractivity (Wildman–Crippen MR) is 126 cm³/mol. The van der Waals surface area contributed by atoms with Crippen molar-refractivity contribution in [3.63, 3.8) is 0 Å². The van der Waals surface area contributed by atoms with Crippen LogP contribution in [0.4, 0.5) is 0 Å². The molecule has 0 atom stereocenters. The number of hydrogen-bond acceptors (Lipinski definition) is 6. The van der Waals surface area contributed by atoms with Crippen molar-refractivity contribution < 1.29 is 23.8 Å². The van der Waals surface area contributed by atoms with Gasteiger partial charge in [0, 0.05) is 34.3 Å². The number of rotatable bonds is 7. The molecule has 8 heteroatoms. The number of methoxy groups -OCH3 is 3. The third kappa shape index (κ3) is 4.90. The van der Waals surface area contributed by atoms with Crippen LogP contribution < -0.4 is 14.9 Å². The molecule has 1 heterocycles. The largest absolute Gasteiger partial charge is 0.497 e. The summed E-state index contributed by atoms with van der Waals surface area (Å²) in [6, 6.07) is 12.4.